The summed E-state index contributed by atoms with van der Waals surface area (Å²) < 4.78 is 6.00. The summed E-state index contributed by atoms with van der Waals surface area (Å²) in [4.78, 5) is 0. The molecule has 1 aliphatic rings. The molecule has 0 amide bonds. The van der Waals surface area contributed by atoms with Gasteiger partial charge in [0, 0.05) is 0 Å². The second kappa shape index (κ2) is 13.9. The molecule has 2 unspecified atom stereocenters. The summed E-state index contributed by atoms with van der Waals surface area (Å²) in [5.74, 6) is 0. The van der Waals surface area contributed by atoms with Crippen molar-refractivity contribution in [2.75, 3.05) is 0 Å². The number of epoxide rings is 1. The maximum Gasteiger partial charge on any atom is 0.0923 e. The van der Waals surface area contributed by atoms with Crippen molar-refractivity contribution in [3.05, 3.63) is 58.2 Å². The van der Waals surface area contributed by atoms with E-state index in [0.29, 0.717) is 6.10 Å². The fourth-order valence-electron chi connectivity index (χ4n) is 3.78. The summed E-state index contributed by atoms with van der Waals surface area (Å²) in [6.45, 7) is 17.8. The molecular formula is C29H48O. The Morgan fingerprint density at radius 3 is 1.77 bits per heavy atom. The van der Waals surface area contributed by atoms with E-state index in [9.17, 15) is 0 Å². The molecular weight excluding hydrogens is 364 g/mol. The highest BCUT2D eigenvalue weighted by atomic mass is 16.6. The van der Waals surface area contributed by atoms with Crippen molar-refractivity contribution in [3.63, 3.8) is 0 Å². The molecule has 1 fully saturated rings. The van der Waals surface area contributed by atoms with E-state index in [1.165, 1.54) is 47.1 Å². The van der Waals surface area contributed by atoms with Crippen LogP contribution in [0.1, 0.15) is 113 Å². The SMILES string of the molecule is CC(C)=CCC/C(C)=C/CC/C(C)=C/C/C=C(\C)CCC1OC1(C)CCC=C(C)C. The Bertz CT molecular complexity index is 662. The van der Waals surface area contributed by atoms with Crippen molar-refractivity contribution >= 4 is 0 Å². The predicted molar refractivity (Wildman–Crippen MR) is 135 cm³/mol. The third-order valence-electron chi connectivity index (χ3n) is 6.08. The predicted octanol–water partition coefficient (Wildman–Crippen LogP) is 9.43. The zero-order valence-electron chi connectivity index (χ0n) is 21.2. The molecule has 1 heterocycles. The number of hydrogen-bond donors (Lipinski definition) is 0. The Morgan fingerprint density at radius 2 is 1.17 bits per heavy atom. The quantitative estimate of drug-likeness (QED) is 0.204. The van der Waals surface area contributed by atoms with Crippen molar-refractivity contribution in [1.82, 2.24) is 0 Å². The van der Waals surface area contributed by atoms with Gasteiger partial charge < -0.3 is 4.74 Å². The Labute approximate surface area is 188 Å². The van der Waals surface area contributed by atoms with Crippen LogP contribution in [-0.2, 0) is 4.74 Å². The molecule has 1 saturated heterocycles. The Balaban J connectivity index is 2.23. The molecule has 0 bridgehead atoms. The topological polar surface area (TPSA) is 12.5 Å². The third-order valence-corrected chi connectivity index (χ3v) is 6.08. The highest BCUT2D eigenvalue weighted by Gasteiger charge is 2.50. The summed E-state index contributed by atoms with van der Waals surface area (Å²) in [5.41, 5.74) is 7.47. The average Bonchev–Trinajstić information content (AvgIpc) is 3.29. The van der Waals surface area contributed by atoms with Crippen molar-refractivity contribution in [3.8, 4) is 0 Å². The van der Waals surface area contributed by atoms with Gasteiger partial charge in [-0.15, -0.1) is 0 Å². The zero-order chi connectivity index (χ0) is 22.6. The van der Waals surface area contributed by atoms with Gasteiger partial charge in [-0.1, -0.05) is 58.2 Å². The van der Waals surface area contributed by atoms with E-state index < -0.39 is 0 Å². The van der Waals surface area contributed by atoms with Crippen molar-refractivity contribution in [2.24, 2.45) is 0 Å². The maximum atomic E-state index is 6.00. The minimum Gasteiger partial charge on any atom is -0.366 e. The average molecular weight is 413 g/mol. The zero-order valence-corrected chi connectivity index (χ0v) is 21.2. The standard InChI is InChI=1S/C29H48O/c1-23(2)13-9-15-25(5)16-10-17-26(6)18-11-19-27(7)20-21-28-29(8,30-28)22-12-14-24(3)4/h13-14,16,18-19,28H,9-12,15,17,20-22H2,1-8H3/b25-16+,26-18+,27-19+. The lowest BCUT2D eigenvalue weighted by Crippen LogP contribution is -2.09. The fraction of sp³-hybridized carbons (Fsp3) is 0.655. The lowest BCUT2D eigenvalue weighted by Gasteiger charge is -2.05. The second-order valence-corrected chi connectivity index (χ2v) is 10.0. The number of ether oxygens (including phenoxy) is 1. The number of rotatable bonds is 14. The summed E-state index contributed by atoms with van der Waals surface area (Å²) in [5, 5.41) is 0. The van der Waals surface area contributed by atoms with Crippen LogP contribution in [0.5, 0.6) is 0 Å². The summed E-state index contributed by atoms with van der Waals surface area (Å²) in [6, 6.07) is 0. The largest absolute Gasteiger partial charge is 0.366 e. The van der Waals surface area contributed by atoms with Gasteiger partial charge in [0.25, 0.3) is 0 Å². The molecule has 30 heavy (non-hydrogen) atoms. The van der Waals surface area contributed by atoms with Gasteiger partial charge in [0.1, 0.15) is 0 Å². The molecule has 0 spiro atoms. The molecule has 0 aromatic carbocycles. The minimum absolute atomic E-state index is 0.125. The monoisotopic (exact) mass is 412 g/mol. The van der Waals surface area contributed by atoms with Crippen LogP contribution in [0.25, 0.3) is 0 Å². The van der Waals surface area contributed by atoms with Crippen molar-refractivity contribution in [1.29, 1.82) is 0 Å². The Hall–Kier alpha value is -1.34. The van der Waals surface area contributed by atoms with Gasteiger partial charge in [0.2, 0.25) is 0 Å². The minimum atomic E-state index is 0.125. The van der Waals surface area contributed by atoms with Crippen LogP contribution in [-0.4, -0.2) is 11.7 Å². The molecule has 0 radical (unpaired) electrons. The fourth-order valence-corrected chi connectivity index (χ4v) is 3.78. The van der Waals surface area contributed by atoms with E-state index in [4.69, 9.17) is 4.74 Å². The van der Waals surface area contributed by atoms with Gasteiger partial charge in [-0.25, -0.2) is 0 Å². The second-order valence-electron chi connectivity index (χ2n) is 10.0. The lowest BCUT2D eigenvalue weighted by molar-refractivity contribution is 0.295. The molecule has 170 valence electrons. The first kappa shape index (κ1) is 26.7. The maximum absolute atomic E-state index is 6.00. The van der Waals surface area contributed by atoms with Gasteiger partial charge in [-0.2, -0.15) is 0 Å². The highest BCUT2D eigenvalue weighted by Crippen LogP contribution is 2.43. The molecule has 0 aliphatic carbocycles. The Kier molecular flexibility index (Phi) is 12.3. The van der Waals surface area contributed by atoms with Crippen LogP contribution in [0.2, 0.25) is 0 Å². The van der Waals surface area contributed by atoms with E-state index in [1.54, 1.807) is 0 Å². The van der Waals surface area contributed by atoms with Crippen LogP contribution in [0.4, 0.5) is 0 Å². The van der Waals surface area contributed by atoms with E-state index in [2.05, 4.69) is 85.8 Å². The molecule has 1 aliphatic heterocycles. The van der Waals surface area contributed by atoms with Crippen molar-refractivity contribution < 1.29 is 4.74 Å². The third kappa shape index (κ3) is 12.4. The Morgan fingerprint density at radius 1 is 0.667 bits per heavy atom. The summed E-state index contributed by atoms with van der Waals surface area (Å²) in [7, 11) is 0. The normalized spacial score (nSPS) is 22.1. The van der Waals surface area contributed by atoms with Crippen molar-refractivity contribution in [2.45, 2.75) is 125 Å². The molecule has 2 atom stereocenters. The van der Waals surface area contributed by atoms with E-state index >= 15 is 0 Å². The molecule has 0 N–H and O–H groups in total. The van der Waals surface area contributed by atoms with Crippen LogP contribution >= 0.6 is 0 Å². The first-order valence-corrected chi connectivity index (χ1v) is 12.0. The first-order valence-electron chi connectivity index (χ1n) is 12.0. The first-order chi connectivity index (χ1) is 14.1. The van der Waals surface area contributed by atoms with Gasteiger partial charge in [0.05, 0.1) is 11.7 Å². The molecule has 1 nitrogen and oxygen atoms in total. The molecule has 0 saturated carbocycles. The number of allylic oxidation sites excluding steroid dienone is 10. The van der Waals surface area contributed by atoms with Crippen LogP contribution in [0.15, 0.2) is 58.2 Å². The summed E-state index contributed by atoms with van der Waals surface area (Å²) >= 11 is 0. The van der Waals surface area contributed by atoms with Gasteiger partial charge >= 0.3 is 0 Å². The molecule has 0 aromatic rings. The van der Waals surface area contributed by atoms with Gasteiger partial charge in [0.15, 0.2) is 0 Å². The smallest absolute Gasteiger partial charge is 0.0923 e. The van der Waals surface area contributed by atoms with E-state index in [0.717, 1.165) is 38.5 Å². The molecule has 0 aromatic heterocycles. The van der Waals surface area contributed by atoms with Crippen LogP contribution < -0.4 is 0 Å². The summed E-state index contributed by atoms with van der Waals surface area (Å²) in [6.07, 6.45) is 22.7. The van der Waals surface area contributed by atoms with Gasteiger partial charge in [-0.05, 0) is 113 Å². The lowest BCUT2D eigenvalue weighted by atomic mass is 9.96. The number of hydrogen-bond acceptors (Lipinski definition) is 1. The van der Waals surface area contributed by atoms with Crippen LogP contribution in [0, 0.1) is 0 Å². The van der Waals surface area contributed by atoms with Crippen LogP contribution in [0.3, 0.4) is 0 Å². The van der Waals surface area contributed by atoms with E-state index in [-0.39, 0.29) is 5.60 Å². The molecule has 1 heteroatoms. The highest BCUT2D eigenvalue weighted by molar-refractivity contribution is 5.10. The molecule has 1 rings (SSSR count). The van der Waals surface area contributed by atoms with E-state index in [1.807, 2.05) is 0 Å². The van der Waals surface area contributed by atoms with Gasteiger partial charge in [-0.3, -0.25) is 0 Å².